The monoisotopic (exact) mass is 494 g/mol. The van der Waals surface area contributed by atoms with E-state index in [0.717, 1.165) is 6.07 Å². The molecule has 0 unspecified atom stereocenters. The van der Waals surface area contributed by atoms with Crippen molar-refractivity contribution in [2.75, 3.05) is 26.2 Å². The Balaban J connectivity index is 0.00000480. The second kappa shape index (κ2) is 10.7. The van der Waals surface area contributed by atoms with Gasteiger partial charge in [-0.1, -0.05) is 9.45 Å². The average molecular weight is 494 g/mol. The van der Waals surface area contributed by atoms with E-state index in [9.17, 15) is 30.0 Å². The molecule has 14 heteroatoms. The molecule has 1 aliphatic heterocycles. The molecule has 1 amide bonds. The molecule has 170 valence electrons. The van der Waals surface area contributed by atoms with Crippen LogP contribution in [0.15, 0.2) is 12.1 Å². The van der Waals surface area contributed by atoms with Crippen LogP contribution < -0.4 is 61.0 Å². The van der Waals surface area contributed by atoms with Gasteiger partial charge in [-0.2, -0.15) is 8.42 Å². The molecular weight excluding hydrogens is 470 g/mol. The molecule has 0 atom stereocenters. The van der Waals surface area contributed by atoms with Crippen LogP contribution in [-0.4, -0.2) is 63.1 Å². The number of benzene rings is 1. The molecule has 0 bridgehead atoms. The van der Waals surface area contributed by atoms with E-state index in [2.05, 4.69) is 4.18 Å². The standard InChI is InChI=1S/C17H24BF4N2O5S.K/c1-12-13(9-14(29-30(22,26)27)10-15(12)18(19,20)21)11-23-5-7-24(8-6-23)16(25)28-17(2,3)4;/h9-10H,5-8,11H2,1-4H3;/q-1;+1. The van der Waals surface area contributed by atoms with E-state index in [4.69, 9.17) is 4.74 Å². The van der Waals surface area contributed by atoms with Gasteiger partial charge < -0.3 is 26.8 Å². The third kappa shape index (κ3) is 9.18. The van der Waals surface area contributed by atoms with Gasteiger partial charge in [0.05, 0.1) is 0 Å². The van der Waals surface area contributed by atoms with Crippen molar-refractivity contribution in [3.8, 4) is 5.75 Å². The fourth-order valence-corrected chi connectivity index (χ4v) is 3.42. The average Bonchev–Trinajstić information content (AvgIpc) is 2.54. The summed E-state index contributed by atoms with van der Waals surface area (Å²) in [7, 11) is -5.47. The molecule has 0 saturated carbocycles. The van der Waals surface area contributed by atoms with Crippen LogP contribution in [0, 0.1) is 6.92 Å². The van der Waals surface area contributed by atoms with E-state index in [0.29, 0.717) is 32.2 Å². The maximum atomic E-state index is 13.4. The number of hydrogen-bond acceptors (Lipinski definition) is 6. The van der Waals surface area contributed by atoms with Gasteiger partial charge in [0.1, 0.15) is 11.4 Å². The number of piperazine rings is 1. The smallest absolute Gasteiger partial charge is 0.445 e. The van der Waals surface area contributed by atoms with Crippen LogP contribution in [0.1, 0.15) is 31.9 Å². The van der Waals surface area contributed by atoms with Crippen molar-refractivity contribution in [2.45, 2.75) is 39.8 Å². The zero-order chi connectivity index (χ0) is 22.9. The van der Waals surface area contributed by atoms with Crippen molar-refractivity contribution in [2.24, 2.45) is 0 Å². The molecule has 2 rings (SSSR count). The van der Waals surface area contributed by atoms with Crippen molar-refractivity contribution in [3.05, 3.63) is 23.3 Å². The van der Waals surface area contributed by atoms with E-state index >= 15 is 0 Å². The molecule has 0 N–H and O–H groups in total. The number of ether oxygens (including phenoxy) is 1. The van der Waals surface area contributed by atoms with Gasteiger partial charge >= 0.3 is 75.0 Å². The third-order valence-electron chi connectivity index (χ3n) is 4.50. The van der Waals surface area contributed by atoms with Gasteiger partial charge in [-0.15, -0.1) is 5.46 Å². The molecule has 0 aromatic heterocycles. The van der Waals surface area contributed by atoms with Gasteiger partial charge in [-0.3, -0.25) is 4.90 Å². The van der Waals surface area contributed by atoms with Crippen LogP contribution >= 0.6 is 0 Å². The minimum absolute atomic E-state index is 0. The Morgan fingerprint density at radius 1 is 1.13 bits per heavy atom. The van der Waals surface area contributed by atoms with Crippen LogP contribution in [0.3, 0.4) is 0 Å². The predicted octanol–water partition coefficient (Wildman–Crippen LogP) is -0.301. The molecule has 1 fully saturated rings. The summed E-state index contributed by atoms with van der Waals surface area (Å²) in [4.78, 5) is 15.4. The molecule has 1 saturated heterocycles. The van der Waals surface area contributed by atoms with Crippen LogP contribution in [-0.2, 0) is 21.8 Å². The number of carbonyl (C=O) groups excluding carboxylic acids is 1. The zero-order valence-electron chi connectivity index (χ0n) is 18.1. The van der Waals surface area contributed by atoms with Crippen molar-refractivity contribution < 1.29 is 90.3 Å². The fourth-order valence-electron chi connectivity index (χ4n) is 3.09. The molecule has 0 radical (unpaired) electrons. The number of amides is 1. The molecule has 1 aliphatic rings. The van der Waals surface area contributed by atoms with Gasteiger partial charge in [0.15, 0.2) is 0 Å². The number of carbonyl (C=O) groups is 1. The Morgan fingerprint density at radius 3 is 2.13 bits per heavy atom. The number of hydrogen-bond donors (Lipinski definition) is 0. The first kappa shape index (κ1) is 28.7. The summed E-state index contributed by atoms with van der Waals surface area (Å²) in [5.74, 6) is -0.736. The zero-order valence-corrected chi connectivity index (χ0v) is 22.1. The fraction of sp³-hybridized carbons (Fsp3) is 0.588. The molecular formula is C17H24BF4KN2O5S. The SMILES string of the molecule is Cc1c(CN2CCN(C(=O)OC(C)(C)C)CC2)cc(OS(=O)(=O)F)cc1[B-](F)(F)F.[K+]. The first-order chi connectivity index (χ1) is 13.5. The first-order valence-corrected chi connectivity index (χ1v) is 10.5. The van der Waals surface area contributed by atoms with E-state index < -0.39 is 40.4 Å². The Hall–Kier alpha value is -0.379. The molecule has 7 nitrogen and oxygen atoms in total. The van der Waals surface area contributed by atoms with Crippen LogP contribution in [0.4, 0.5) is 21.6 Å². The summed E-state index contributed by atoms with van der Waals surface area (Å²) < 4.78 is 83.8. The molecule has 1 aromatic rings. The van der Waals surface area contributed by atoms with Gasteiger partial charge in [0.25, 0.3) is 0 Å². The van der Waals surface area contributed by atoms with Crippen LogP contribution in [0.25, 0.3) is 0 Å². The molecule has 1 heterocycles. The van der Waals surface area contributed by atoms with Crippen LogP contribution in [0.2, 0.25) is 0 Å². The van der Waals surface area contributed by atoms with Gasteiger partial charge in [-0.05, 0) is 45.4 Å². The molecule has 31 heavy (non-hydrogen) atoms. The Kier molecular flexibility index (Phi) is 9.89. The van der Waals surface area contributed by atoms with Gasteiger partial charge in [0.2, 0.25) is 0 Å². The van der Waals surface area contributed by atoms with E-state index in [1.807, 2.05) is 4.90 Å². The molecule has 1 aromatic carbocycles. The summed E-state index contributed by atoms with van der Waals surface area (Å²) in [6.07, 6.45) is -0.469. The minimum atomic E-state index is -5.47. The van der Waals surface area contributed by atoms with E-state index in [1.165, 1.54) is 11.8 Å². The summed E-state index contributed by atoms with van der Waals surface area (Å²) in [6.45, 7) is 2.48. The number of nitrogens with zero attached hydrogens (tertiary/aromatic N) is 2. The molecule has 0 spiro atoms. The van der Waals surface area contributed by atoms with Crippen molar-refractivity contribution in [3.63, 3.8) is 0 Å². The Labute approximate surface area is 222 Å². The van der Waals surface area contributed by atoms with Crippen molar-refractivity contribution in [1.29, 1.82) is 0 Å². The normalized spacial score (nSPS) is 15.9. The maximum Gasteiger partial charge on any atom is 1.00 e. The van der Waals surface area contributed by atoms with Crippen molar-refractivity contribution in [1.82, 2.24) is 9.80 Å². The third-order valence-corrected chi connectivity index (χ3v) is 4.89. The second-order valence-corrected chi connectivity index (χ2v) is 9.04. The van der Waals surface area contributed by atoms with Gasteiger partial charge in [0, 0.05) is 32.7 Å². The largest absolute Gasteiger partial charge is 1.00 e. The van der Waals surface area contributed by atoms with E-state index in [-0.39, 0.29) is 69.1 Å². The summed E-state index contributed by atoms with van der Waals surface area (Å²) in [5, 5.41) is 0. The van der Waals surface area contributed by atoms with Crippen LogP contribution in [0.5, 0.6) is 5.75 Å². The first-order valence-electron chi connectivity index (χ1n) is 9.23. The van der Waals surface area contributed by atoms with Gasteiger partial charge in [-0.25, -0.2) is 4.79 Å². The maximum absolute atomic E-state index is 13.4. The summed E-state index contributed by atoms with van der Waals surface area (Å²) in [6, 6.07) is 1.56. The summed E-state index contributed by atoms with van der Waals surface area (Å²) in [5.41, 5.74) is -1.60. The van der Waals surface area contributed by atoms with E-state index in [1.54, 1.807) is 20.8 Å². The Bertz CT molecular complexity index is 901. The quantitative estimate of drug-likeness (QED) is 0.318. The predicted molar refractivity (Wildman–Crippen MR) is 104 cm³/mol. The van der Waals surface area contributed by atoms with Crippen molar-refractivity contribution >= 4 is 29.0 Å². The topological polar surface area (TPSA) is 76.2 Å². The molecule has 0 aliphatic carbocycles. The number of rotatable bonds is 5. The number of halogens is 4. The summed E-state index contributed by atoms with van der Waals surface area (Å²) >= 11 is 0. The minimum Gasteiger partial charge on any atom is -0.445 e. The second-order valence-electron chi connectivity index (χ2n) is 8.09. The Morgan fingerprint density at radius 2 is 1.68 bits per heavy atom.